The first-order valence-electron chi connectivity index (χ1n) is 8.58. The highest BCUT2D eigenvalue weighted by atomic mass is 16.2. The van der Waals surface area contributed by atoms with Gasteiger partial charge in [0.2, 0.25) is 5.91 Å². The van der Waals surface area contributed by atoms with Gasteiger partial charge in [0, 0.05) is 44.1 Å². The van der Waals surface area contributed by atoms with Gasteiger partial charge in [0.25, 0.3) is 5.91 Å². The van der Waals surface area contributed by atoms with E-state index in [0.717, 1.165) is 11.1 Å². The molecule has 0 spiro atoms. The largest absolute Gasteiger partial charge is 0.339 e. The number of benzene rings is 1. The molecule has 2 aromatic rings. The molecule has 0 unspecified atom stereocenters. The van der Waals surface area contributed by atoms with Gasteiger partial charge in [-0.3, -0.25) is 14.6 Å². The number of piperazine rings is 1. The Morgan fingerprint density at radius 2 is 1.60 bits per heavy atom. The number of hydrogen-bond acceptors (Lipinski definition) is 3. The van der Waals surface area contributed by atoms with Crippen LogP contribution in [-0.4, -0.2) is 52.8 Å². The smallest absolute Gasteiger partial charge is 0.254 e. The van der Waals surface area contributed by atoms with Crippen molar-refractivity contribution in [2.45, 2.75) is 20.3 Å². The van der Waals surface area contributed by atoms with Gasteiger partial charge < -0.3 is 9.80 Å². The standard InChI is InChI=1S/C20H23N3O2/c1-15-3-4-18(16(2)13-15)14-19(24)22-9-11-23(12-10-22)20(25)17-5-7-21-8-6-17/h3-8,13H,9-12,14H2,1-2H3. The van der Waals surface area contributed by atoms with Gasteiger partial charge in [-0.1, -0.05) is 23.8 Å². The van der Waals surface area contributed by atoms with E-state index in [1.807, 2.05) is 24.0 Å². The van der Waals surface area contributed by atoms with Crippen LogP contribution in [0.25, 0.3) is 0 Å². The van der Waals surface area contributed by atoms with Crippen LogP contribution in [0.1, 0.15) is 27.0 Å². The van der Waals surface area contributed by atoms with E-state index in [4.69, 9.17) is 0 Å². The minimum absolute atomic E-state index is 0.00359. The number of rotatable bonds is 3. The Balaban J connectivity index is 1.56. The molecule has 25 heavy (non-hydrogen) atoms. The highest BCUT2D eigenvalue weighted by molar-refractivity contribution is 5.94. The third-order valence-corrected chi connectivity index (χ3v) is 4.69. The average molecular weight is 337 g/mol. The van der Waals surface area contributed by atoms with E-state index in [2.05, 4.69) is 18.0 Å². The number of carbonyl (C=O) groups excluding carboxylic acids is 2. The molecule has 5 heteroatoms. The van der Waals surface area contributed by atoms with Gasteiger partial charge in [0.1, 0.15) is 0 Å². The summed E-state index contributed by atoms with van der Waals surface area (Å²) in [5.74, 6) is 0.131. The van der Waals surface area contributed by atoms with Gasteiger partial charge in [-0.15, -0.1) is 0 Å². The second-order valence-corrected chi connectivity index (χ2v) is 6.52. The molecule has 1 aliphatic rings. The first-order valence-corrected chi connectivity index (χ1v) is 8.58. The number of aromatic nitrogens is 1. The molecule has 1 aromatic carbocycles. The molecule has 0 atom stereocenters. The number of aryl methyl sites for hydroxylation is 2. The Kier molecular flexibility index (Phi) is 5.12. The van der Waals surface area contributed by atoms with Crippen LogP contribution in [0.4, 0.5) is 0 Å². The lowest BCUT2D eigenvalue weighted by molar-refractivity contribution is -0.131. The van der Waals surface area contributed by atoms with Crippen LogP contribution in [-0.2, 0) is 11.2 Å². The molecule has 1 fully saturated rings. The zero-order valence-corrected chi connectivity index (χ0v) is 14.7. The zero-order valence-electron chi connectivity index (χ0n) is 14.7. The van der Waals surface area contributed by atoms with Crippen molar-refractivity contribution in [3.63, 3.8) is 0 Å². The molecular weight excluding hydrogens is 314 g/mol. The van der Waals surface area contributed by atoms with Crippen LogP contribution < -0.4 is 0 Å². The first-order chi connectivity index (χ1) is 12.0. The first kappa shape index (κ1) is 17.1. The van der Waals surface area contributed by atoms with E-state index in [-0.39, 0.29) is 11.8 Å². The lowest BCUT2D eigenvalue weighted by Gasteiger charge is -2.35. The number of amides is 2. The minimum atomic E-state index is 0.00359. The summed E-state index contributed by atoms with van der Waals surface area (Å²) in [6.45, 7) is 6.40. The molecule has 1 saturated heterocycles. The van der Waals surface area contributed by atoms with Crippen LogP contribution in [0.3, 0.4) is 0 Å². The highest BCUT2D eigenvalue weighted by Crippen LogP contribution is 2.14. The molecule has 3 rings (SSSR count). The maximum Gasteiger partial charge on any atom is 0.254 e. The van der Waals surface area contributed by atoms with E-state index in [1.165, 1.54) is 5.56 Å². The van der Waals surface area contributed by atoms with E-state index >= 15 is 0 Å². The van der Waals surface area contributed by atoms with E-state index in [9.17, 15) is 9.59 Å². The Bertz CT molecular complexity index is 766. The summed E-state index contributed by atoms with van der Waals surface area (Å²) in [6, 6.07) is 9.63. The molecule has 1 aromatic heterocycles. The summed E-state index contributed by atoms with van der Waals surface area (Å²) in [5.41, 5.74) is 4.08. The summed E-state index contributed by atoms with van der Waals surface area (Å²) in [7, 11) is 0. The van der Waals surface area contributed by atoms with Gasteiger partial charge in [0.05, 0.1) is 6.42 Å². The minimum Gasteiger partial charge on any atom is -0.339 e. The molecule has 1 aliphatic heterocycles. The molecule has 0 N–H and O–H groups in total. The zero-order chi connectivity index (χ0) is 17.8. The molecular formula is C20H23N3O2. The molecule has 130 valence electrons. The number of carbonyl (C=O) groups is 2. The molecule has 2 amide bonds. The highest BCUT2D eigenvalue weighted by Gasteiger charge is 2.25. The van der Waals surface area contributed by atoms with E-state index < -0.39 is 0 Å². The summed E-state index contributed by atoms with van der Waals surface area (Å²) in [5, 5.41) is 0. The quantitative estimate of drug-likeness (QED) is 0.863. The van der Waals surface area contributed by atoms with Crippen molar-refractivity contribution in [2.24, 2.45) is 0 Å². The van der Waals surface area contributed by atoms with Crippen molar-refractivity contribution in [3.05, 3.63) is 65.0 Å². The Hall–Kier alpha value is -2.69. The van der Waals surface area contributed by atoms with Crippen LogP contribution in [0.5, 0.6) is 0 Å². The van der Waals surface area contributed by atoms with Gasteiger partial charge in [-0.05, 0) is 37.1 Å². The summed E-state index contributed by atoms with van der Waals surface area (Å²) in [6.07, 6.45) is 3.66. The van der Waals surface area contributed by atoms with Crippen LogP contribution in [0.15, 0.2) is 42.7 Å². The number of pyridine rings is 1. The van der Waals surface area contributed by atoms with Crippen LogP contribution in [0.2, 0.25) is 0 Å². The molecule has 2 heterocycles. The summed E-state index contributed by atoms with van der Waals surface area (Å²) < 4.78 is 0. The second-order valence-electron chi connectivity index (χ2n) is 6.52. The Labute approximate surface area is 148 Å². The number of hydrogen-bond donors (Lipinski definition) is 0. The van der Waals surface area contributed by atoms with Crippen molar-refractivity contribution in [2.75, 3.05) is 26.2 Å². The lowest BCUT2D eigenvalue weighted by atomic mass is 10.0. The maximum atomic E-state index is 12.6. The lowest BCUT2D eigenvalue weighted by Crippen LogP contribution is -2.51. The SMILES string of the molecule is Cc1ccc(CC(=O)N2CCN(C(=O)c3ccncc3)CC2)c(C)c1. The molecule has 0 aliphatic carbocycles. The summed E-state index contributed by atoms with van der Waals surface area (Å²) in [4.78, 5) is 32.6. The maximum absolute atomic E-state index is 12.6. The third-order valence-electron chi connectivity index (χ3n) is 4.69. The fraction of sp³-hybridized carbons (Fsp3) is 0.350. The Morgan fingerprint density at radius 1 is 0.960 bits per heavy atom. The van der Waals surface area contributed by atoms with Crippen molar-refractivity contribution in [1.82, 2.24) is 14.8 Å². The van der Waals surface area contributed by atoms with Crippen molar-refractivity contribution < 1.29 is 9.59 Å². The van der Waals surface area contributed by atoms with E-state index in [0.29, 0.717) is 38.2 Å². The number of nitrogens with zero attached hydrogens (tertiary/aromatic N) is 3. The Morgan fingerprint density at radius 3 is 2.24 bits per heavy atom. The van der Waals surface area contributed by atoms with Gasteiger partial charge in [-0.25, -0.2) is 0 Å². The van der Waals surface area contributed by atoms with Gasteiger partial charge in [-0.2, -0.15) is 0 Å². The topological polar surface area (TPSA) is 53.5 Å². The third kappa shape index (κ3) is 4.05. The molecule has 0 bridgehead atoms. The van der Waals surface area contributed by atoms with Crippen LogP contribution >= 0.6 is 0 Å². The normalized spacial score (nSPS) is 14.5. The van der Waals surface area contributed by atoms with Crippen molar-refractivity contribution in [3.8, 4) is 0 Å². The van der Waals surface area contributed by atoms with Crippen molar-refractivity contribution >= 4 is 11.8 Å². The fourth-order valence-corrected chi connectivity index (χ4v) is 3.15. The molecule has 5 nitrogen and oxygen atoms in total. The molecule has 0 saturated carbocycles. The van der Waals surface area contributed by atoms with Crippen LogP contribution in [0, 0.1) is 13.8 Å². The van der Waals surface area contributed by atoms with Gasteiger partial charge >= 0.3 is 0 Å². The monoisotopic (exact) mass is 337 g/mol. The van der Waals surface area contributed by atoms with E-state index in [1.54, 1.807) is 29.4 Å². The van der Waals surface area contributed by atoms with Crippen molar-refractivity contribution in [1.29, 1.82) is 0 Å². The predicted octanol–water partition coefficient (Wildman–Crippen LogP) is 2.23. The summed E-state index contributed by atoms with van der Waals surface area (Å²) >= 11 is 0. The average Bonchev–Trinajstić information content (AvgIpc) is 2.64. The molecule has 0 radical (unpaired) electrons. The fourth-order valence-electron chi connectivity index (χ4n) is 3.15. The van der Waals surface area contributed by atoms with Gasteiger partial charge in [0.15, 0.2) is 0 Å². The predicted molar refractivity (Wildman–Crippen MR) is 96.3 cm³/mol. The second kappa shape index (κ2) is 7.47.